The summed E-state index contributed by atoms with van der Waals surface area (Å²) in [6, 6.07) is 8.20. The Morgan fingerprint density at radius 2 is 2.11 bits per heavy atom. The van der Waals surface area contributed by atoms with E-state index < -0.39 is 6.10 Å². The number of aromatic nitrogens is 1. The van der Waals surface area contributed by atoms with Crippen LogP contribution in [0, 0.1) is 0 Å². The fourth-order valence-corrected chi connectivity index (χ4v) is 1.80. The van der Waals surface area contributed by atoms with E-state index in [2.05, 4.69) is 10.3 Å². The number of hydrogen-bond donors (Lipinski definition) is 3. The maximum absolute atomic E-state index is 9.79. The molecular weight excluding hydrogens is 264 g/mol. The first kappa shape index (κ1) is 15.8. The smallest absolute Gasteiger partial charge is 0.128 e. The van der Waals surface area contributed by atoms with Crippen LogP contribution in [-0.2, 0) is 0 Å². The van der Waals surface area contributed by atoms with Gasteiger partial charge in [0.1, 0.15) is 18.5 Å². The number of aliphatic hydroxyl groups is 1. The maximum atomic E-state index is 9.79. The van der Waals surface area contributed by atoms with Crippen LogP contribution in [0.2, 0.25) is 0 Å². The quantitative estimate of drug-likeness (QED) is 0.763. The molecule has 2 rings (SSSR count). The Kier molecular flexibility index (Phi) is 6.15. The third kappa shape index (κ3) is 4.42. The van der Waals surface area contributed by atoms with Gasteiger partial charge in [-0.15, -0.1) is 12.4 Å². The van der Waals surface area contributed by atoms with Crippen LogP contribution >= 0.6 is 12.4 Å². The molecule has 4 nitrogen and oxygen atoms in total. The van der Waals surface area contributed by atoms with Crippen molar-refractivity contribution in [1.29, 1.82) is 0 Å². The van der Waals surface area contributed by atoms with Crippen molar-refractivity contribution in [2.75, 3.05) is 13.2 Å². The number of aliphatic hydroxyl groups excluding tert-OH is 1. The minimum atomic E-state index is -0.499. The van der Waals surface area contributed by atoms with Crippen LogP contribution in [0.1, 0.15) is 13.8 Å². The van der Waals surface area contributed by atoms with Crippen molar-refractivity contribution in [3.05, 3.63) is 30.5 Å². The number of aromatic amines is 1. The highest BCUT2D eigenvalue weighted by Gasteiger charge is 2.08. The predicted octanol–water partition coefficient (Wildman–Crippen LogP) is 2.33. The van der Waals surface area contributed by atoms with E-state index in [0.717, 1.165) is 16.7 Å². The largest absolute Gasteiger partial charge is 0.490 e. The van der Waals surface area contributed by atoms with E-state index >= 15 is 0 Å². The number of benzene rings is 1. The number of rotatable bonds is 6. The molecule has 0 radical (unpaired) electrons. The zero-order valence-corrected chi connectivity index (χ0v) is 12.0. The molecule has 0 amide bonds. The molecule has 3 N–H and O–H groups in total. The van der Waals surface area contributed by atoms with Crippen LogP contribution in [0.4, 0.5) is 0 Å². The van der Waals surface area contributed by atoms with Gasteiger partial charge >= 0.3 is 0 Å². The van der Waals surface area contributed by atoms with Crippen molar-refractivity contribution in [3.63, 3.8) is 0 Å². The van der Waals surface area contributed by atoms with E-state index in [1.807, 2.05) is 44.3 Å². The van der Waals surface area contributed by atoms with E-state index in [9.17, 15) is 5.11 Å². The molecule has 1 aromatic heterocycles. The summed E-state index contributed by atoms with van der Waals surface area (Å²) in [6.45, 7) is 4.94. The highest BCUT2D eigenvalue weighted by atomic mass is 35.5. The lowest BCUT2D eigenvalue weighted by Gasteiger charge is -2.15. The van der Waals surface area contributed by atoms with E-state index in [0.29, 0.717) is 19.2 Å². The van der Waals surface area contributed by atoms with Crippen LogP contribution in [0.5, 0.6) is 5.75 Å². The number of hydrogen-bond acceptors (Lipinski definition) is 3. The standard InChI is InChI=1S/C14H20N2O2.ClH/c1-10(2)16-8-11(17)9-18-14-5-3-4-13-12(14)6-7-15-13;/h3-7,10-11,15-17H,8-9H2,1-2H3;1H/t11-;/m0./s1. The zero-order valence-electron chi connectivity index (χ0n) is 11.2. The highest BCUT2D eigenvalue weighted by molar-refractivity contribution is 5.85. The SMILES string of the molecule is CC(C)NC[C@H](O)COc1cccc2[nH]ccc12.Cl. The van der Waals surface area contributed by atoms with Crippen molar-refractivity contribution < 1.29 is 9.84 Å². The number of halogens is 1. The van der Waals surface area contributed by atoms with E-state index in [4.69, 9.17) is 4.74 Å². The lowest BCUT2D eigenvalue weighted by molar-refractivity contribution is 0.105. The molecule has 0 saturated heterocycles. The van der Waals surface area contributed by atoms with Gasteiger partial charge in [0.15, 0.2) is 0 Å². The van der Waals surface area contributed by atoms with E-state index in [1.165, 1.54) is 0 Å². The molecule has 0 saturated carbocycles. The summed E-state index contributed by atoms with van der Waals surface area (Å²) in [6.07, 6.45) is 1.38. The van der Waals surface area contributed by atoms with Gasteiger partial charge in [-0.2, -0.15) is 0 Å². The molecule has 0 unspecified atom stereocenters. The second-order valence-corrected chi connectivity index (χ2v) is 4.72. The first-order valence-electron chi connectivity index (χ1n) is 6.27. The Labute approximate surface area is 119 Å². The van der Waals surface area contributed by atoms with Crippen LogP contribution in [0.25, 0.3) is 10.9 Å². The fourth-order valence-electron chi connectivity index (χ4n) is 1.80. The first-order valence-corrected chi connectivity index (χ1v) is 6.27. The topological polar surface area (TPSA) is 57.3 Å². The van der Waals surface area contributed by atoms with Gasteiger partial charge in [0.25, 0.3) is 0 Å². The molecule has 0 spiro atoms. The average Bonchev–Trinajstić information content (AvgIpc) is 2.82. The second-order valence-electron chi connectivity index (χ2n) is 4.72. The van der Waals surface area contributed by atoms with Crippen LogP contribution in [0.3, 0.4) is 0 Å². The second kappa shape index (κ2) is 7.38. The normalized spacial score (nSPS) is 12.4. The molecular formula is C14H21ClN2O2. The van der Waals surface area contributed by atoms with E-state index in [-0.39, 0.29) is 12.4 Å². The summed E-state index contributed by atoms with van der Waals surface area (Å²) in [5.41, 5.74) is 1.04. The zero-order chi connectivity index (χ0) is 13.0. The Hall–Kier alpha value is -1.23. The third-order valence-corrected chi connectivity index (χ3v) is 2.75. The van der Waals surface area contributed by atoms with Crippen molar-refractivity contribution in [3.8, 4) is 5.75 Å². The summed E-state index contributed by atoms with van der Waals surface area (Å²) in [5.74, 6) is 0.803. The van der Waals surface area contributed by atoms with Crippen LogP contribution in [-0.4, -0.2) is 35.4 Å². The highest BCUT2D eigenvalue weighted by Crippen LogP contribution is 2.24. The van der Waals surface area contributed by atoms with Gasteiger partial charge in [-0.05, 0) is 18.2 Å². The van der Waals surface area contributed by atoms with Gasteiger partial charge in [0, 0.05) is 29.7 Å². The van der Waals surface area contributed by atoms with Gasteiger partial charge in [0.2, 0.25) is 0 Å². The van der Waals surface area contributed by atoms with Crippen LogP contribution in [0.15, 0.2) is 30.5 Å². The Morgan fingerprint density at radius 3 is 2.84 bits per heavy atom. The monoisotopic (exact) mass is 284 g/mol. The van der Waals surface area contributed by atoms with Crippen LogP contribution < -0.4 is 10.1 Å². The molecule has 1 heterocycles. The molecule has 0 aliphatic heterocycles. The van der Waals surface area contributed by atoms with Crippen molar-refractivity contribution in [2.24, 2.45) is 0 Å². The molecule has 106 valence electrons. The molecule has 1 atom stereocenters. The number of ether oxygens (including phenoxy) is 1. The fraction of sp³-hybridized carbons (Fsp3) is 0.429. The van der Waals surface area contributed by atoms with Crippen molar-refractivity contribution in [1.82, 2.24) is 10.3 Å². The summed E-state index contributed by atoms with van der Waals surface area (Å²) in [5, 5.41) is 14.0. The molecule has 2 aromatic rings. The predicted molar refractivity (Wildman–Crippen MR) is 80.2 cm³/mol. The number of nitrogens with one attached hydrogen (secondary N) is 2. The van der Waals surface area contributed by atoms with Gasteiger partial charge < -0.3 is 20.1 Å². The molecule has 0 aliphatic rings. The number of fused-ring (bicyclic) bond motifs is 1. The van der Waals surface area contributed by atoms with Crippen molar-refractivity contribution >= 4 is 23.3 Å². The van der Waals surface area contributed by atoms with Gasteiger partial charge in [0.05, 0.1) is 0 Å². The van der Waals surface area contributed by atoms with Crippen molar-refractivity contribution in [2.45, 2.75) is 26.0 Å². The number of H-pyrrole nitrogens is 1. The maximum Gasteiger partial charge on any atom is 0.128 e. The van der Waals surface area contributed by atoms with Gasteiger partial charge in [-0.1, -0.05) is 19.9 Å². The van der Waals surface area contributed by atoms with E-state index in [1.54, 1.807) is 0 Å². The van der Waals surface area contributed by atoms with Gasteiger partial charge in [-0.25, -0.2) is 0 Å². The lowest BCUT2D eigenvalue weighted by atomic mass is 10.2. The molecule has 0 bridgehead atoms. The minimum absolute atomic E-state index is 0. The third-order valence-electron chi connectivity index (χ3n) is 2.75. The summed E-state index contributed by atoms with van der Waals surface area (Å²) < 4.78 is 5.66. The molecule has 1 aromatic carbocycles. The summed E-state index contributed by atoms with van der Waals surface area (Å²) in [4.78, 5) is 3.13. The minimum Gasteiger partial charge on any atom is -0.490 e. The molecule has 5 heteroatoms. The summed E-state index contributed by atoms with van der Waals surface area (Å²) >= 11 is 0. The van der Waals surface area contributed by atoms with Gasteiger partial charge in [-0.3, -0.25) is 0 Å². The molecule has 0 aliphatic carbocycles. The average molecular weight is 285 g/mol. The molecule has 0 fully saturated rings. The molecule has 19 heavy (non-hydrogen) atoms. The Morgan fingerprint density at radius 1 is 1.32 bits per heavy atom. The Bertz CT molecular complexity index is 499. The lowest BCUT2D eigenvalue weighted by Crippen LogP contribution is -2.35. The Balaban J connectivity index is 0.00000180. The summed E-state index contributed by atoms with van der Waals surface area (Å²) in [7, 11) is 0. The first-order chi connectivity index (χ1) is 8.66.